The summed E-state index contributed by atoms with van der Waals surface area (Å²) in [7, 11) is 0. The molecule has 2 N–H and O–H groups in total. The summed E-state index contributed by atoms with van der Waals surface area (Å²) in [5.74, 6) is 0.699. The number of aromatic nitrogens is 2. The van der Waals surface area contributed by atoms with Gasteiger partial charge in [-0.3, -0.25) is 9.89 Å². The molecule has 0 fully saturated rings. The van der Waals surface area contributed by atoms with Crippen molar-refractivity contribution in [2.24, 2.45) is 0 Å². The van der Waals surface area contributed by atoms with Crippen LogP contribution in [0.2, 0.25) is 10.0 Å². The quantitative estimate of drug-likeness (QED) is 0.890. The largest absolute Gasteiger partial charge is 0.482 e. The van der Waals surface area contributed by atoms with E-state index in [1.54, 1.807) is 24.4 Å². The molecule has 0 aliphatic rings. The van der Waals surface area contributed by atoms with Gasteiger partial charge in [-0.25, -0.2) is 0 Å². The summed E-state index contributed by atoms with van der Waals surface area (Å²) in [6.07, 6.45) is 2.45. The number of hydrogen-bond donors (Lipinski definition) is 2. The van der Waals surface area contributed by atoms with Gasteiger partial charge in [-0.15, -0.1) is 0 Å². The van der Waals surface area contributed by atoms with Crippen LogP contribution in [0.25, 0.3) is 0 Å². The van der Waals surface area contributed by atoms with Gasteiger partial charge in [-0.1, -0.05) is 30.1 Å². The molecular formula is C13H13Cl2N3O2. The number of carbonyl (C=O) groups excluding carboxylic acids is 1. The average molecular weight is 314 g/mol. The van der Waals surface area contributed by atoms with Crippen LogP contribution in [0, 0.1) is 0 Å². The summed E-state index contributed by atoms with van der Waals surface area (Å²) in [4.78, 5) is 11.8. The van der Waals surface area contributed by atoms with Crippen LogP contribution in [0.1, 0.15) is 12.5 Å². The third kappa shape index (κ3) is 3.65. The zero-order chi connectivity index (χ0) is 14.5. The molecule has 0 aliphatic carbocycles. The van der Waals surface area contributed by atoms with Gasteiger partial charge in [-0.2, -0.15) is 5.10 Å². The second-order valence-corrected chi connectivity index (χ2v) is 4.88. The Morgan fingerprint density at radius 1 is 1.45 bits per heavy atom. The number of ether oxygens (including phenoxy) is 1. The minimum Gasteiger partial charge on any atom is -0.482 e. The zero-order valence-corrected chi connectivity index (χ0v) is 12.3. The second kappa shape index (κ2) is 6.63. The van der Waals surface area contributed by atoms with E-state index in [1.165, 1.54) is 0 Å². The fourth-order valence-electron chi connectivity index (χ4n) is 1.60. The highest BCUT2D eigenvalue weighted by molar-refractivity contribution is 6.35. The second-order valence-electron chi connectivity index (χ2n) is 4.04. The van der Waals surface area contributed by atoms with Gasteiger partial charge in [0.2, 0.25) is 0 Å². The van der Waals surface area contributed by atoms with Crippen molar-refractivity contribution >= 4 is 34.9 Å². The maximum absolute atomic E-state index is 11.8. The SMILES string of the molecule is CCc1cn[nH]c1NC(=O)COc1ccc(Cl)cc1Cl. The van der Waals surface area contributed by atoms with Crippen LogP contribution in [0.3, 0.4) is 0 Å². The van der Waals surface area contributed by atoms with Gasteiger partial charge < -0.3 is 10.1 Å². The Balaban J connectivity index is 1.92. The lowest BCUT2D eigenvalue weighted by Crippen LogP contribution is -2.21. The smallest absolute Gasteiger partial charge is 0.263 e. The van der Waals surface area contributed by atoms with E-state index in [0.717, 1.165) is 12.0 Å². The third-order valence-corrected chi connectivity index (χ3v) is 3.15. The normalized spacial score (nSPS) is 10.3. The molecular weight excluding hydrogens is 301 g/mol. The van der Waals surface area contributed by atoms with Crippen LogP contribution in [-0.2, 0) is 11.2 Å². The predicted octanol–water partition coefficient (Wildman–Crippen LogP) is 3.30. The molecule has 106 valence electrons. The van der Waals surface area contributed by atoms with Crippen molar-refractivity contribution in [1.29, 1.82) is 0 Å². The molecule has 2 rings (SSSR count). The van der Waals surface area contributed by atoms with Crippen LogP contribution in [0.15, 0.2) is 24.4 Å². The van der Waals surface area contributed by atoms with E-state index in [0.29, 0.717) is 21.6 Å². The van der Waals surface area contributed by atoms with Crippen molar-refractivity contribution in [1.82, 2.24) is 10.2 Å². The summed E-state index contributed by atoms with van der Waals surface area (Å²) in [6, 6.07) is 4.82. The molecule has 0 radical (unpaired) electrons. The van der Waals surface area contributed by atoms with Crippen molar-refractivity contribution in [3.63, 3.8) is 0 Å². The monoisotopic (exact) mass is 313 g/mol. The molecule has 0 unspecified atom stereocenters. The first-order valence-electron chi connectivity index (χ1n) is 6.00. The molecule has 0 spiro atoms. The first kappa shape index (κ1) is 14.7. The van der Waals surface area contributed by atoms with Gasteiger partial charge in [0.1, 0.15) is 11.6 Å². The van der Waals surface area contributed by atoms with Crippen molar-refractivity contribution in [2.75, 3.05) is 11.9 Å². The van der Waals surface area contributed by atoms with Crippen molar-refractivity contribution < 1.29 is 9.53 Å². The highest BCUT2D eigenvalue weighted by atomic mass is 35.5. The van der Waals surface area contributed by atoms with Crippen molar-refractivity contribution in [2.45, 2.75) is 13.3 Å². The molecule has 0 atom stereocenters. The molecule has 0 saturated heterocycles. The van der Waals surface area contributed by atoms with E-state index < -0.39 is 0 Å². The van der Waals surface area contributed by atoms with E-state index in [1.807, 2.05) is 6.92 Å². The van der Waals surface area contributed by atoms with Crippen LogP contribution in [0.5, 0.6) is 5.75 Å². The van der Waals surface area contributed by atoms with Gasteiger partial charge >= 0.3 is 0 Å². The minimum atomic E-state index is -0.296. The standard InChI is InChI=1S/C13H13Cl2N3O2/c1-2-8-6-16-18-13(8)17-12(19)7-20-11-4-3-9(14)5-10(11)15/h3-6H,2,7H2,1H3,(H2,16,17,18,19). The maximum Gasteiger partial charge on any atom is 0.263 e. The van der Waals surface area contributed by atoms with Gasteiger partial charge in [0.15, 0.2) is 6.61 Å². The summed E-state index contributed by atoms with van der Waals surface area (Å²) in [6.45, 7) is 1.83. The van der Waals surface area contributed by atoms with E-state index in [-0.39, 0.29) is 12.5 Å². The predicted molar refractivity (Wildman–Crippen MR) is 78.6 cm³/mol. The van der Waals surface area contributed by atoms with Crippen molar-refractivity contribution in [3.8, 4) is 5.75 Å². The molecule has 1 heterocycles. The van der Waals surface area contributed by atoms with Crippen LogP contribution < -0.4 is 10.1 Å². The Morgan fingerprint density at radius 2 is 2.25 bits per heavy atom. The highest BCUT2D eigenvalue weighted by Gasteiger charge is 2.10. The van der Waals surface area contributed by atoms with Gasteiger partial charge in [0, 0.05) is 10.6 Å². The molecule has 1 aromatic carbocycles. The van der Waals surface area contributed by atoms with Crippen LogP contribution in [-0.4, -0.2) is 22.7 Å². The zero-order valence-electron chi connectivity index (χ0n) is 10.7. The number of nitrogens with one attached hydrogen (secondary N) is 2. The van der Waals surface area contributed by atoms with Gasteiger partial charge in [-0.05, 0) is 24.6 Å². The van der Waals surface area contributed by atoms with Crippen LogP contribution >= 0.6 is 23.2 Å². The molecule has 1 amide bonds. The lowest BCUT2D eigenvalue weighted by atomic mass is 10.2. The molecule has 20 heavy (non-hydrogen) atoms. The molecule has 2 aromatic rings. The van der Waals surface area contributed by atoms with Gasteiger partial charge in [0.25, 0.3) is 5.91 Å². The third-order valence-electron chi connectivity index (χ3n) is 2.62. The number of anilines is 1. The Kier molecular flexibility index (Phi) is 4.87. The summed E-state index contributed by atoms with van der Waals surface area (Å²) in [5.41, 5.74) is 0.933. The number of nitrogens with zero attached hydrogens (tertiary/aromatic N) is 1. The molecule has 1 aromatic heterocycles. The Morgan fingerprint density at radius 3 is 2.95 bits per heavy atom. The first-order chi connectivity index (χ1) is 9.60. The van der Waals surface area contributed by atoms with Gasteiger partial charge in [0.05, 0.1) is 11.2 Å². The fraction of sp³-hybridized carbons (Fsp3) is 0.231. The molecule has 0 saturated carbocycles. The van der Waals surface area contributed by atoms with E-state index in [4.69, 9.17) is 27.9 Å². The lowest BCUT2D eigenvalue weighted by molar-refractivity contribution is -0.118. The number of aryl methyl sites for hydroxylation is 1. The highest BCUT2D eigenvalue weighted by Crippen LogP contribution is 2.27. The fourth-order valence-corrected chi connectivity index (χ4v) is 2.06. The van der Waals surface area contributed by atoms with Crippen molar-refractivity contribution in [3.05, 3.63) is 40.0 Å². The number of hydrogen-bond acceptors (Lipinski definition) is 3. The number of benzene rings is 1. The van der Waals surface area contributed by atoms with E-state index in [2.05, 4.69) is 15.5 Å². The number of halogens is 2. The van der Waals surface area contributed by atoms with E-state index >= 15 is 0 Å². The Bertz CT molecular complexity index is 613. The number of H-pyrrole nitrogens is 1. The van der Waals surface area contributed by atoms with E-state index in [9.17, 15) is 4.79 Å². The number of carbonyl (C=O) groups is 1. The molecule has 5 nitrogen and oxygen atoms in total. The number of rotatable bonds is 5. The summed E-state index contributed by atoms with van der Waals surface area (Å²) in [5, 5.41) is 10.2. The molecule has 7 heteroatoms. The number of amides is 1. The Hall–Kier alpha value is -1.72. The number of aromatic amines is 1. The summed E-state index contributed by atoms with van der Waals surface area (Å²) < 4.78 is 5.34. The lowest BCUT2D eigenvalue weighted by Gasteiger charge is -2.08. The average Bonchev–Trinajstić information content (AvgIpc) is 2.85. The Labute approximate surface area is 126 Å². The molecule has 0 bridgehead atoms. The first-order valence-corrected chi connectivity index (χ1v) is 6.75. The molecule has 0 aliphatic heterocycles. The maximum atomic E-state index is 11.8. The van der Waals surface area contributed by atoms with Crippen LogP contribution in [0.4, 0.5) is 5.82 Å². The minimum absolute atomic E-state index is 0.149. The topological polar surface area (TPSA) is 67.0 Å². The summed E-state index contributed by atoms with van der Waals surface area (Å²) >= 11 is 11.7.